The molecule has 3 aliphatic rings. The van der Waals surface area contributed by atoms with Crippen molar-refractivity contribution in [3.05, 3.63) is 0 Å². The smallest absolute Gasteiger partial charge is 0.325 e. The van der Waals surface area contributed by atoms with Crippen LogP contribution < -0.4 is 5.32 Å². The van der Waals surface area contributed by atoms with Gasteiger partial charge in [0.1, 0.15) is 5.54 Å². The minimum Gasteiger partial charge on any atom is -0.340 e. The van der Waals surface area contributed by atoms with Gasteiger partial charge in [-0.05, 0) is 45.1 Å². The lowest BCUT2D eigenvalue weighted by Crippen LogP contribution is -2.56. The van der Waals surface area contributed by atoms with Gasteiger partial charge in [0.05, 0.1) is 6.04 Å². The molecule has 3 fully saturated rings. The zero-order chi connectivity index (χ0) is 19.6. The van der Waals surface area contributed by atoms with Crippen molar-refractivity contribution in [3.8, 4) is 0 Å². The van der Waals surface area contributed by atoms with E-state index in [0.29, 0.717) is 19.4 Å². The topological polar surface area (TPSA) is 73.0 Å². The maximum atomic E-state index is 13.2. The molecule has 152 valence electrons. The highest BCUT2D eigenvalue weighted by Crippen LogP contribution is 2.32. The first kappa shape index (κ1) is 20.1. The van der Waals surface area contributed by atoms with Crippen molar-refractivity contribution in [3.63, 3.8) is 0 Å². The molecular weight excluding hydrogens is 344 g/mol. The molecule has 0 radical (unpaired) electrons. The van der Waals surface area contributed by atoms with Crippen LogP contribution in [0, 0.1) is 5.92 Å². The van der Waals surface area contributed by atoms with E-state index in [0.717, 1.165) is 51.9 Å². The summed E-state index contributed by atoms with van der Waals surface area (Å²) in [4.78, 5) is 44.3. The molecule has 27 heavy (non-hydrogen) atoms. The largest absolute Gasteiger partial charge is 0.340 e. The lowest BCUT2D eigenvalue weighted by atomic mass is 9.87. The van der Waals surface area contributed by atoms with Crippen LogP contribution in [0.5, 0.6) is 0 Å². The number of rotatable bonds is 5. The average molecular weight is 379 g/mol. The third-order valence-corrected chi connectivity index (χ3v) is 6.76. The number of urea groups is 1. The second kappa shape index (κ2) is 8.17. The predicted molar refractivity (Wildman–Crippen MR) is 103 cm³/mol. The molecule has 4 amide bonds. The van der Waals surface area contributed by atoms with Gasteiger partial charge in [0.2, 0.25) is 5.91 Å². The van der Waals surface area contributed by atoms with Crippen LogP contribution in [-0.4, -0.2) is 76.8 Å². The molecule has 0 aromatic rings. The number of imide groups is 1. The summed E-state index contributed by atoms with van der Waals surface area (Å²) in [5.41, 5.74) is -0.732. The summed E-state index contributed by atoms with van der Waals surface area (Å²) >= 11 is 0. The minimum absolute atomic E-state index is 0.0385. The predicted octanol–water partition coefficient (Wildman–Crippen LogP) is 1.82. The van der Waals surface area contributed by atoms with Crippen molar-refractivity contribution < 1.29 is 14.4 Å². The van der Waals surface area contributed by atoms with Crippen molar-refractivity contribution in [1.82, 2.24) is 20.0 Å². The SMILES string of the molecule is CCC(CC)C(=O)N1CCCC(N2C(=O)NC3(CCN(CC)CC3)C2=O)C1. The first-order chi connectivity index (χ1) is 13.0. The standard InChI is InChI=1S/C20H34N4O3/c1-4-15(5-2)17(25)23-11-7-8-16(14-23)24-18(26)20(21-19(24)27)9-12-22(6-3)13-10-20/h15-16H,4-14H2,1-3H3,(H,21,27). The highest BCUT2D eigenvalue weighted by atomic mass is 16.2. The lowest BCUT2D eigenvalue weighted by molar-refractivity contribution is -0.141. The van der Waals surface area contributed by atoms with Gasteiger partial charge in [0.15, 0.2) is 0 Å². The zero-order valence-corrected chi connectivity index (χ0v) is 17.0. The number of amides is 4. The quantitative estimate of drug-likeness (QED) is 0.741. The molecule has 1 atom stereocenters. The molecule has 1 spiro atoms. The molecule has 0 saturated carbocycles. The van der Waals surface area contributed by atoms with Crippen LogP contribution in [0.4, 0.5) is 4.79 Å². The monoisotopic (exact) mass is 378 g/mol. The number of likely N-dealkylation sites (tertiary alicyclic amines) is 2. The van der Waals surface area contributed by atoms with Crippen LogP contribution in [0.1, 0.15) is 59.3 Å². The van der Waals surface area contributed by atoms with E-state index in [2.05, 4.69) is 17.1 Å². The molecule has 7 heteroatoms. The fourth-order valence-electron chi connectivity index (χ4n) is 4.82. The Kier molecular flexibility index (Phi) is 6.08. The normalized spacial score (nSPS) is 26.1. The van der Waals surface area contributed by atoms with Crippen molar-refractivity contribution >= 4 is 17.8 Å². The Morgan fingerprint density at radius 2 is 1.81 bits per heavy atom. The Morgan fingerprint density at radius 1 is 1.15 bits per heavy atom. The number of hydrogen-bond acceptors (Lipinski definition) is 4. The van der Waals surface area contributed by atoms with Crippen molar-refractivity contribution in [2.75, 3.05) is 32.7 Å². The molecule has 7 nitrogen and oxygen atoms in total. The maximum absolute atomic E-state index is 13.2. The van der Waals surface area contributed by atoms with E-state index >= 15 is 0 Å². The fraction of sp³-hybridized carbons (Fsp3) is 0.850. The third-order valence-electron chi connectivity index (χ3n) is 6.76. The summed E-state index contributed by atoms with van der Waals surface area (Å²) in [6, 6.07) is -0.472. The van der Waals surface area contributed by atoms with Crippen molar-refractivity contribution in [1.29, 1.82) is 0 Å². The number of carbonyl (C=O) groups is 3. The van der Waals surface area contributed by atoms with E-state index < -0.39 is 5.54 Å². The number of carbonyl (C=O) groups excluding carboxylic acids is 3. The molecule has 1 unspecified atom stereocenters. The van der Waals surface area contributed by atoms with Gasteiger partial charge in [0, 0.05) is 32.1 Å². The molecule has 3 rings (SSSR count). The Bertz CT molecular complexity index is 582. The van der Waals surface area contributed by atoms with Gasteiger partial charge in [-0.2, -0.15) is 0 Å². The van der Waals surface area contributed by atoms with Crippen LogP contribution in [0.3, 0.4) is 0 Å². The van der Waals surface area contributed by atoms with Gasteiger partial charge in [-0.25, -0.2) is 4.79 Å². The number of piperidine rings is 2. The first-order valence-electron chi connectivity index (χ1n) is 10.6. The second-order valence-electron chi connectivity index (χ2n) is 8.22. The molecule has 0 aromatic heterocycles. The summed E-state index contributed by atoms with van der Waals surface area (Å²) in [6.45, 7) is 10.0. The van der Waals surface area contributed by atoms with Crippen LogP contribution in [0.15, 0.2) is 0 Å². The van der Waals surface area contributed by atoms with Crippen molar-refractivity contribution in [2.45, 2.75) is 70.9 Å². The second-order valence-corrected chi connectivity index (χ2v) is 8.22. The fourth-order valence-corrected chi connectivity index (χ4v) is 4.82. The van der Waals surface area contributed by atoms with Gasteiger partial charge in [-0.1, -0.05) is 20.8 Å². The molecule has 3 heterocycles. The van der Waals surface area contributed by atoms with E-state index in [-0.39, 0.29) is 29.8 Å². The van der Waals surface area contributed by atoms with Crippen LogP contribution in [0.2, 0.25) is 0 Å². The number of hydrogen-bond donors (Lipinski definition) is 1. The highest BCUT2D eigenvalue weighted by Gasteiger charge is 2.54. The number of nitrogens with zero attached hydrogens (tertiary/aromatic N) is 3. The zero-order valence-electron chi connectivity index (χ0n) is 17.0. The van der Waals surface area contributed by atoms with Crippen molar-refractivity contribution in [2.24, 2.45) is 5.92 Å². The third kappa shape index (κ3) is 3.71. The summed E-state index contributed by atoms with van der Waals surface area (Å²) in [6.07, 6.45) is 4.62. The molecule has 0 bridgehead atoms. The molecule has 3 aliphatic heterocycles. The van der Waals surface area contributed by atoms with E-state index in [1.807, 2.05) is 18.7 Å². The van der Waals surface area contributed by atoms with Crippen LogP contribution in [-0.2, 0) is 9.59 Å². The van der Waals surface area contributed by atoms with Gasteiger partial charge in [-0.15, -0.1) is 0 Å². The molecule has 0 aromatic carbocycles. The molecule has 3 saturated heterocycles. The van der Waals surface area contributed by atoms with Gasteiger partial charge in [-0.3, -0.25) is 14.5 Å². The van der Waals surface area contributed by atoms with E-state index in [4.69, 9.17) is 0 Å². The Labute approximate surface area is 162 Å². The van der Waals surface area contributed by atoms with Gasteiger partial charge >= 0.3 is 6.03 Å². The summed E-state index contributed by atoms with van der Waals surface area (Å²) in [5, 5.41) is 3.01. The van der Waals surface area contributed by atoms with Gasteiger partial charge < -0.3 is 15.1 Å². The van der Waals surface area contributed by atoms with Crippen LogP contribution in [0.25, 0.3) is 0 Å². The molecular formula is C20H34N4O3. The Morgan fingerprint density at radius 3 is 2.41 bits per heavy atom. The first-order valence-corrected chi connectivity index (χ1v) is 10.6. The van der Waals surface area contributed by atoms with E-state index in [9.17, 15) is 14.4 Å². The van der Waals surface area contributed by atoms with E-state index in [1.165, 1.54) is 4.90 Å². The minimum atomic E-state index is -0.732. The molecule has 1 N–H and O–H groups in total. The Hall–Kier alpha value is -1.63. The molecule has 0 aliphatic carbocycles. The summed E-state index contributed by atoms with van der Waals surface area (Å²) in [7, 11) is 0. The number of nitrogens with one attached hydrogen (secondary N) is 1. The lowest BCUT2D eigenvalue weighted by Gasteiger charge is -2.39. The summed E-state index contributed by atoms with van der Waals surface area (Å²) in [5.74, 6) is 0.129. The highest BCUT2D eigenvalue weighted by molar-refractivity contribution is 6.07. The average Bonchev–Trinajstić information content (AvgIpc) is 2.93. The Balaban J connectivity index is 1.69. The maximum Gasteiger partial charge on any atom is 0.325 e. The summed E-state index contributed by atoms with van der Waals surface area (Å²) < 4.78 is 0. The van der Waals surface area contributed by atoms with Gasteiger partial charge in [0.25, 0.3) is 5.91 Å². The van der Waals surface area contributed by atoms with E-state index in [1.54, 1.807) is 0 Å². The van der Waals surface area contributed by atoms with Crippen LogP contribution >= 0.6 is 0 Å².